The Kier molecular flexibility index (Phi) is 3.73. The molecular weight excluding hydrogens is 316 g/mol. The zero-order valence-corrected chi connectivity index (χ0v) is 14.4. The van der Waals surface area contributed by atoms with Gasteiger partial charge in [-0.25, -0.2) is 15.0 Å². The topological polar surface area (TPSA) is 73.2 Å². The van der Waals surface area contributed by atoms with Gasteiger partial charge in [0, 0.05) is 30.7 Å². The van der Waals surface area contributed by atoms with Crippen molar-refractivity contribution in [2.45, 2.75) is 51.1 Å². The molecule has 1 saturated heterocycles. The molecule has 2 fully saturated rings. The average Bonchev–Trinajstić information content (AvgIpc) is 3.34. The van der Waals surface area contributed by atoms with Crippen molar-refractivity contribution in [3.8, 4) is 0 Å². The Bertz CT molecular complexity index is 894. The third-order valence-electron chi connectivity index (χ3n) is 5.67. The van der Waals surface area contributed by atoms with Gasteiger partial charge in [0.05, 0.1) is 18.3 Å². The number of hydrogen-bond acceptors (Lipinski definition) is 5. The second-order valence-corrected chi connectivity index (χ2v) is 7.26. The molecule has 3 aromatic heterocycles. The molecule has 1 aliphatic heterocycles. The molecule has 25 heavy (non-hydrogen) atoms. The molecule has 3 aromatic rings. The maximum Gasteiger partial charge on any atom is 0.139 e. The highest BCUT2D eigenvalue weighted by Crippen LogP contribution is 2.35. The minimum atomic E-state index is 0.490. The maximum absolute atomic E-state index is 10.1. The van der Waals surface area contributed by atoms with Gasteiger partial charge in [-0.2, -0.15) is 0 Å². The molecule has 0 radical (unpaired) electrons. The van der Waals surface area contributed by atoms with Gasteiger partial charge < -0.3 is 9.55 Å². The van der Waals surface area contributed by atoms with Crippen LogP contribution in [0.25, 0.3) is 22.1 Å². The van der Waals surface area contributed by atoms with E-state index in [0.29, 0.717) is 19.1 Å². The summed E-state index contributed by atoms with van der Waals surface area (Å²) in [6.07, 6.45) is 11.1. The summed E-state index contributed by atoms with van der Waals surface area (Å²) in [6, 6.07) is 2.59. The first-order valence-electron chi connectivity index (χ1n) is 9.35. The van der Waals surface area contributed by atoms with Gasteiger partial charge in [-0.05, 0) is 25.3 Å². The van der Waals surface area contributed by atoms with E-state index in [0.717, 1.165) is 35.3 Å². The van der Waals surface area contributed by atoms with Crippen molar-refractivity contribution in [1.29, 1.82) is 0 Å². The summed E-state index contributed by atoms with van der Waals surface area (Å²) in [5.41, 5.74) is 3.06. The third-order valence-corrected chi connectivity index (χ3v) is 5.67. The van der Waals surface area contributed by atoms with Crippen LogP contribution >= 0.6 is 0 Å². The summed E-state index contributed by atoms with van der Waals surface area (Å²) in [5.74, 6) is 1.04. The van der Waals surface area contributed by atoms with Crippen molar-refractivity contribution in [1.82, 2.24) is 29.7 Å². The van der Waals surface area contributed by atoms with Crippen LogP contribution in [-0.2, 0) is 6.54 Å². The lowest BCUT2D eigenvalue weighted by molar-refractivity contribution is -0.221. The number of nitrogens with one attached hydrogen (secondary N) is 1. The number of fused-ring (bicyclic) bond motifs is 3. The predicted octanol–water partition coefficient (Wildman–Crippen LogP) is 3.23. The van der Waals surface area contributed by atoms with E-state index in [1.807, 2.05) is 17.4 Å². The molecule has 0 bridgehead atoms. The quantitative estimate of drug-likeness (QED) is 0.766. The Balaban J connectivity index is 1.66. The monoisotopic (exact) mass is 340 g/mol. The number of hydrazine groups is 1. The number of aromatic amines is 1. The first kappa shape index (κ1) is 15.3. The van der Waals surface area contributed by atoms with Crippen molar-refractivity contribution < 1.29 is 5.21 Å². The van der Waals surface area contributed by atoms with Crippen molar-refractivity contribution in [2.24, 2.45) is 0 Å². The average molecular weight is 340 g/mol. The fraction of sp³-hybridized carbons (Fsp3) is 0.556. The lowest BCUT2D eigenvalue weighted by atomic mass is 9.95. The number of aromatic nitrogens is 4. The molecule has 5 rings (SSSR count). The number of pyridine rings is 1. The van der Waals surface area contributed by atoms with Crippen LogP contribution in [-0.4, -0.2) is 48.0 Å². The van der Waals surface area contributed by atoms with Gasteiger partial charge >= 0.3 is 0 Å². The SMILES string of the molecule is ON1CCCN1Cc1nc2cnc3[nH]ccc3c2n1C1CCCCC1. The van der Waals surface area contributed by atoms with E-state index in [1.165, 1.54) is 42.8 Å². The number of hydroxylamine groups is 1. The van der Waals surface area contributed by atoms with Crippen molar-refractivity contribution >= 4 is 22.1 Å². The second-order valence-electron chi connectivity index (χ2n) is 7.26. The van der Waals surface area contributed by atoms with Crippen LogP contribution in [0, 0.1) is 0 Å². The molecule has 0 unspecified atom stereocenters. The first-order valence-corrected chi connectivity index (χ1v) is 9.35. The molecule has 1 aliphatic carbocycles. The Morgan fingerprint density at radius 2 is 2.04 bits per heavy atom. The first-order chi connectivity index (χ1) is 12.3. The van der Waals surface area contributed by atoms with Gasteiger partial charge in [-0.1, -0.05) is 19.3 Å². The fourth-order valence-corrected chi connectivity index (χ4v) is 4.46. The van der Waals surface area contributed by atoms with E-state index in [1.54, 1.807) is 0 Å². The molecule has 4 heterocycles. The second kappa shape index (κ2) is 6.09. The summed E-state index contributed by atoms with van der Waals surface area (Å²) >= 11 is 0. The van der Waals surface area contributed by atoms with Crippen LogP contribution in [0.3, 0.4) is 0 Å². The molecule has 0 atom stereocenters. The third kappa shape index (κ3) is 2.54. The molecule has 0 aromatic carbocycles. The van der Waals surface area contributed by atoms with Crippen molar-refractivity contribution in [2.75, 3.05) is 13.1 Å². The van der Waals surface area contributed by atoms with Gasteiger partial charge in [-0.3, -0.25) is 5.21 Å². The number of nitrogens with zero attached hydrogens (tertiary/aromatic N) is 5. The zero-order chi connectivity index (χ0) is 16.8. The number of rotatable bonds is 3. The van der Waals surface area contributed by atoms with Crippen LogP contribution in [0.15, 0.2) is 18.5 Å². The highest BCUT2D eigenvalue weighted by Gasteiger charge is 2.27. The smallest absolute Gasteiger partial charge is 0.139 e. The van der Waals surface area contributed by atoms with E-state index in [4.69, 9.17) is 4.98 Å². The summed E-state index contributed by atoms with van der Waals surface area (Å²) in [7, 11) is 0. The van der Waals surface area contributed by atoms with E-state index in [2.05, 4.69) is 20.6 Å². The Morgan fingerprint density at radius 3 is 2.84 bits per heavy atom. The van der Waals surface area contributed by atoms with E-state index >= 15 is 0 Å². The van der Waals surface area contributed by atoms with Crippen LogP contribution in [0.4, 0.5) is 0 Å². The van der Waals surface area contributed by atoms with Gasteiger partial charge in [0.15, 0.2) is 0 Å². The molecule has 2 aliphatic rings. The van der Waals surface area contributed by atoms with E-state index < -0.39 is 0 Å². The van der Waals surface area contributed by atoms with Crippen LogP contribution in [0.5, 0.6) is 0 Å². The lowest BCUT2D eigenvalue weighted by Gasteiger charge is -2.28. The van der Waals surface area contributed by atoms with Gasteiger partial charge in [-0.15, -0.1) is 5.17 Å². The summed E-state index contributed by atoms with van der Waals surface area (Å²) in [4.78, 5) is 12.7. The minimum Gasteiger partial charge on any atom is -0.346 e. The standard InChI is InChI=1S/C18H24N6O/c25-23-10-4-9-22(23)12-16-21-15-11-20-18-14(7-8-19-18)17(15)24(16)13-5-2-1-3-6-13/h7-8,11,13,25H,1-6,9-10,12H2,(H,19,20). The Hall–Kier alpha value is -1.96. The number of imidazole rings is 1. The van der Waals surface area contributed by atoms with Crippen LogP contribution < -0.4 is 0 Å². The van der Waals surface area contributed by atoms with Crippen LogP contribution in [0.1, 0.15) is 50.4 Å². The maximum atomic E-state index is 10.1. The van der Waals surface area contributed by atoms with Gasteiger partial charge in [0.1, 0.15) is 17.0 Å². The van der Waals surface area contributed by atoms with Crippen molar-refractivity contribution in [3.63, 3.8) is 0 Å². The molecule has 2 N–H and O–H groups in total. The van der Waals surface area contributed by atoms with E-state index in [9.17, 15) is 5.21 Å². The lowest BCUT2D eigenvalue weighted by Crippen LogP contribution is -2.34. The minimum absolute atomic E-state index is 0.490. The fourth-order valence-electron chi connectivity index (χ4n) is 4.46. The van der Waals surface area contributed by atoms with Crippen molar-refractivity contribution in [3.05, 3.63) is 24.3 Å². The summed E-state index contributed by atoms with van der Waals surface area (Å²) in [5, 5.41) is 14.5. The molecule has 7 nitrogen and oxygen atoms in total. The molecule has 0 spiro atoms. The normalized spacial score (nSPS) is 21.0. The number of H-pyrrole nitrogens is 1. The molecule has 1 saturated carbocycles. The molecule has 0 amide bonds. The van der Waals surface area contributed by atoms with E-state index in [-0.39, 0.29) is 0 Å². The molecule has 132 valence electrons. The highest BCUT2D eigenvalue weighted by molar-refractivity contribution is 6.01. The number of hydrogen-bond donors (Lipinski definition) is 2. The Morgan fingerprint density at radius 1 is 1.16 bits per heavy atom. The van der Waals surface area contributed by atoms with Gasteiger partial charge in [0.2, 0.25) is 0 Å². The largest absolute Gasteiger partial charge is 0.346 e. The van der Waals surface area contributed by atoms with Crippen LogP contribution in [0.2, 0.25) is 0 Å². The predicted molar refractivity (Wildman–Crippen MR) is 95.0 cm³/mol. The summed E-state index contributed by atoms with van der Waals surface area (Å²) in [6.45, 7) is 2.23. The molecule has 7 heteroatoms. The zero-order valence-electron chi connectivity index (χ0n) is 14.4. The Labute approximate surface area is 146 Å². The highest BCUT2D eigenvalue weighted by atomic mass is 16.6. The molecular formula is C18H24N6O. The summed E-state index contributed by atoms with van der Waals surface area (Å²) < 4.78 is 2.44. The van der Waals surface area contributed by atoms with Gasteiger partial charge in [0.25, 0.3) is 0 Å².